The molecule has 0 atom stereocenters. The molecule has 0 spiro atoms. The van der Waals surface area contributed by atoms with Crippen molar-refractivity contribution < 1.29 is 4.39 Å². The van der Waals surface area contributed by atoms with Gasteiger partial charge in [-0.05, 0) is 29.8 Å². The van der Waals surface area contributed by atoms with E-state index in [9.17, 15) is 4.39 Å². The molecule has 0 amide bonds. The van der Waals surface area contributed by atoms with Gasteiger partial charge < -0.3 is 14.8 Å². The number of benzene rings is 2. The van der Waals surface area contributed by atoms with Crippen molar-refractivity contribution >= 4 is 17.0 Å². The van der Waals surface area contributed by atoms with Gasteiger partial charge in [0.15, 0.2) is 0 Å². The Bertz CT molecular complexity index is 804. The third-order valence-corrected chi connectivity index (χ3v) is 4.29. The molecule has 3 aromatic rings. The van der Waals surface area contributed by atoms with Crippen LogP contribution in [0.5, 0.6) is 0 Å². The van der Waals surface area contributed by atoms with Crippen LogP contribution in [-0.4, -0.2) is 35.7 Å². The average molecular weight is 310 g/mol. The Morgan fingerprint density at radius 1 is 1.00 bits per heavy atom. The highest BCUT2D eigenvalue weighted by molar-refractivity contribution is 5.79. The van der Waals surface area contributed by atoms with Gasteiger partial charge in [-0.1, -0.05) is 24.3 Å². The van der Waals surface area contributed by atoms with E-state index in [4.69, 9.17) is 4.98 Å². The molecule has 0 bridgehead atoms. The van der Waals surface area contributed by atoms with Gasteiger partial charge >= 0.3 is 0 Å². The third-order valence-electron chi connectivity index (χ3n) is 4.29. The van der Waals surface area contributed by atoms with Gasteiger partial charge in [0.05, 0.1) is 17.6 Å². The molecule has 5 heteroatoms. The number of piperazine rings is 1. The standard InChI is InChI=1S/C18H19FN4/c19-15-7-5-14(6-8-15)13-23-17-4-2-1-3-16(17)21-18(23)22-11-9-20-10-12-22/h1-8,20H,9-13H2. The van der Waals surface area contributed by atoms with Crippen LogP contribution in [0.1, 0.15) is 5.56 Å². The van der Waals surface area contributed by atoms with Crippen LogP contribution >= 0.6 is 0 Å². The zero-order valence-corrected chi connectivity index (χ0v) is 12.9. The van der Waals surface area contributed by atoms with Gasteiger partial charge in [-0.15, -0.1) is 0 Å². The van der Waals surface area contributed by atoms with Crippen LogP contribution < -0.4 is 10.2 Å². The topological polar surface area (TPSA) is 33.1 Å². The molecule has 1 aromatic heterocycles. The maximum atomic E-state index is 13.2. The minimum Gasteiger partial charge on any atom is -0.340 e. The quantitative estimate of drug-likeness (QED) is 0.807. The molecular formula is C18H19FN4. The van der Waals surface area contributed by atoms with Crippen LogP contribution in [0.2, 0.25) is 0 Å². The first-order chi connectivity index (χ1) is 11.3. The minimum absolute atomic E-state index is 0.202. The third kappa shape index (κ3) is 2.80. The summed E-state index contributed by atoms with van der Waals surface area (Å²) < 4.78 is 15.4. The van der Waals surface area contributed by atoms with Gasteiger partial charge in [0.25, 0.3) is 0 Å². The summed E-state index contributed by atoms with van der Waals surface area (Å²) in [5.41, 5.74) is 3.19. The van der Waals surface area contributed by atoms with E-state index >= 15 is 0 Å². The Hall–Kier alpha value is -2.40. The van der Waals surface area contributed by atoms with Crippen LogP contribution in [0, 0.1) is 5.82 Å². The first kappa shape index (κ1) is 14.2. The van der Waals surface area contributed by atoms with Crippen molar-refractivity contribution in [3.8, 4) is 0 Å². The number of hydrogen-bond acceptors (Lipinski definition) is 3. The molecule has 1 aliphatic heterocycles. The van der Waals surface area contributed by atoms with Crippen molar-refractivity contribution in [3.05, 3.63) is 59.9 Å². The summed E-state index contributed by atoms with van der Waals surface area (Å²) in [6, 6.07) is 14.9. The van der Waals surface area contributed by atoms with Crippen LogP contribution in [0.15, 0.2) is 48.5 Å². The molecule has 118 valence electrons. The fraction of sp³-hybridized carbons (Fsp3) is 0.278. The van der Waals surface area contributed by atoms with Crippen LogP contribution in [0.3, 0.4) is 0 Å². The van der Waals surface area contributed by atoms with E-state index in [1.165, 1.54) is 12.1 Å². The SMILES string of the molecule is Fc1ccc(Cn2c(N3CCNCC3)nc3ccccc32)cc1. The summed E-state index contributed by atoms with van der Waals surface area (Å²) in [7, 11) is 0. The van der Waals surface area contributed by atoms with E-state index in [0.717, 1.165) is 48.7 Å². The number of imidazole rings is 1. The molecule has 0 unspecified atom stereocenters. The van der Waals surface area contributed by atoms with Gasteiger partial charge in [-0.25, -0.2) is 9.37 Å². The van der Waals surface area contributed by atoms with Gasteiger partial charge in [0, 0.05) is 26.2 Å². The Kier molecular flexibility index (Phi) is 3.71. The van der Waals surface area contributed by atoms with Gasteiger partial charge in [0.2, 0.25) is 5.95 Å². The zero-order chi connectivity index (χ0) is 15.6. The molecule has 1 aliphatic rings. The summed E-state index contributed by atoms with van der Waals surface area (Å²) in [6.45, 7) is 4.54. The molecule has 2 heterocycles. The maximum absolute atomic E-state index is 13.2. The molecule has 2 aromatic carbocycles. The fourth-order valence-electron chi connectivity index (χ4n) is 3.10. The Balaban J connectivity index is 1.77. The van der Waals surface area contributed by atoms with E-state index in [-0.39, 0.29) is 5.82 Å². The molecular weight excluding hydrogens is 291 g/mol. The minimum atomic E-state index is -0.202. The molecule has 4 rings (SSSR count). The summed E-state index contributed by atoms with van der Waals surface area (Å²) in [5.74, 6) is 0.795. The van der Waals surface area contributed by atoms with E-state index < -0.39 is 0 Å². The first-order valence-corrected chi connectivity index (χ1v) is 7.97. The van der Waals surface area contributed by atoms with Crippen molar-refractivity contribution in [2.24, 2.45) is 0 Å². The largest absolute Gasteiger partial charge is 0.340 e. The van der Waals surface area contributed by atoms with Gasteiger partial charge in [-0.3, -0.25) is 0 Å². The highest BCUT2D eigenvalue weighted by atomic mass is 19.1. The number of fused-ring (bicyclic) bond motifs is 1. The number of anilines is 1. The highest BCUT2D eigenvalue weighted by Gasteiger charge is 2.18. The molecule has 0 radical (unpaired) electrons. The second-order valence-electron chi connectivity index (χ2n) is 5.85. The fourth-order valence-corrected chi connectivity index (χ4v) is 3.10. The van der Waals surface area contributed by atoms with Crippen LogP contribution in [-0.2, 0) is 6.54 Å². The number of nitrogens with zero attached hydrogens (tertiary/aromatic N) is 3. The first-order valence-electron chi connectivity index (χ1n) is 7.97. The maximum Gasteiger partial charge on any atom is 0.206 e. The lowest BCUT2D eigenvalue weighted by Crippen LogP contribution is -2.44. The van der Waals surface area contributed by atoms with Crippen LogP contribution in [0.25, 0.3) is 11.0 Å². The monoisotopic (exact) mass is 310 g/mol. The van der Waals surface area contributed by atoms with Crippen molar-refractivity contribution in [1.29, 1.82) is 0 Å². The molecule has 4 nitrogen and oxygen atoms in total. The Labute approximate surface area is 134 Å². The Morgan fingerprint density at radius 2 is 1.74 bits per heavy atom. The second kappa shape index (κ2) is 6.01. The lowest BCUT2D eigenvalue weighted by atomic mass is 10.2. The van der Waals surface area contributed by atoms with Crippen molar-refractivity contribution in [2.75, 3.05) is 31.1 Å². The molecule has 1 fully saturated rings. The number of halogens is 1. The summed E-state index contributed by atoms with van der Waals surface area (Å²) >= 11 is 0. The van der Waals surface area contributed by atoms with E-state index in [2.05, 4.69) is 20.9 Å². The van der Waals surface area contributed by atoms with Crippen molar-refractivity contribution in [3.63, 3.8) is 0 Å². The molecule has 1 saturated heterocycles. The van der Waals surface area contributed by atoms with E-state index in [1.807, 2.05) is 30.3 Å². The van der Waals surface area contributed by atoms with Crippen molar-refractivity contribution in [2.45, 2.75) is 6.54 Å². The highest BCUT2D eigenvalue weighted by Crippen LogP contribution is 2.24. The van der Waals surface area contributed by atoms with E-state index in [1.54, 1.807) is 0 Å². The summed E-state index contributed by atoms with van der Waals surface area (Å²) in [6.07, 6.45) is 0. The van der Waals surface area contributed by atoms with E-state index in [0.29, 0.717) is 6.54 Å². The summed E-state index contributed by atoms with van der Waals surface area (Å²) in [4.78, 5) is 7.16. The van der Waals surface area contributed by atoms with Gasteiger partial charge in [0.1, 0.15) is 5.82 Å². The second-order valence-corrected chi connectivity index (χ2v) is 5.85. The smallest absolute Gasteiger partial charge is 0.206 e. The molecule has 0 saturated carbocycles. The average Bonchev–Trinajstić information content (AvgIpc) is 2.96. The lowest BCUT2D eigenvalue weighted by molar-refractivity contribution is 0.571. The summed E-state index contributed by atoms with van der Waals surface area (Å²) in [5, 5.41) is 3.37. The predicted octanol–water partition coefficient (Wildman–Crippen LogP) is 2.63. The number of aromatic nitrogens is 2. The van der Waals surface area contributed by atoms with Crippen LogP contribution in [0.4, 0.5) is 10.3 Å². The van der Waals surface area contributed by atoms with Gasteiger partial charge in [-0.2, -0.15) is 0 Å². The predicted molar refractivity (Wildman–Crippen MR) is 90.3 cm³/mol. The molecule has 0 aliphatic carbocycles. The van der Waals surface area contributed by atoms with Crippen molar-refractivity contribution in [1.82, 2.24) is 14.9 Å². The molecule has 23 heavy (non-hydrogen) atoms. The number of hydrogen-bond donors (Lipinski definition) is 1. The number of nitrogens with one attached hydrogen (secondary N) is 1. The zero-order valence-electron chi connectivity index (χ0n) is 12.9. The normalized spacial score (nSPS) is 15.3. The lowest BCUT2D eigenvalue weighted by Gasteiger charge is -2.29. The molecule has 1 N–H and O–H groups in total. The Morgan fingerprint density at radius 3 is 2.52 bits per heavy atom. The number of rotatable bonds is 3. The number of para-hydroxylation sites is 2.